The summed E-state index contributed by atoms with van der Waals surface area (Å²) in [6.45, 7) is -0.250. The Kier molecular flexibility index (Phi) is 29.4. The molecule has 0 unspecified atom stereocenters. The summed E-state index contributed by atoms with van der Waals surface area (Å²) in [4.78, 5) is 0. The van der Waals surface area contributed by atoms with Crippen molar-refractivity contribution in [2.45, 2.75) is 0 Å². The standard InChI is InChI=1S/C2H6O2.O.Zn/c3-1-2-4;;/h3-4H,1-2H2;;. The van der Waals surface area contributed by atoms with Crippen LogP contribution in [0.2, 0.25) is 0 Å². The summed E-state index contributed by atoms with van der Waals surface area (Å²) in [6.07, 6.45) is 0. The van der Waals surface area contributed by atoms with Gasteiger partial charge < -0.3 is 10.2 Å². The summed E-state index contributed by atoms with van der Waals surface area (Å²) >= 11 is 0.125. The number of hydrogen-bond donors (Lipinski definition) is 2. The molecule has 34 valence electrons. The predicted molar refractivity (Wildman–Crippen MR) is 14.9 cm³/mol. The first kappa shape index (κ1) is 9.60. The Balaban J connectivity index is 0. The molecule has 0 atom stereocenters. The van der Waals surface area contributed by atoms with Crippen molar-refractivity contribution in [3.05, 3.63) is 0 Å². The topological polar surface area (TPSA) is 57.5 Å². The molecule has 2 N–H and O–H groups in total. The van der Waals surface area contributed by atoms with Crippen molar-refractivity contribution in [2.75, 3.05) is 13.2 Å². The molecule has 0 bridgehead atoms. The average Bonchev–Trinajstić information content (AvgIpc) is 1.72. The molecule has 0 radical (unpaired) electrons. The fourth-order valence-electron chi connectivity index (χ4n) is 0. The number of aliphatic hydroxyl groups is 2. The van der Waals surface area contributed by atoms with Gasteiger partial charge in [0.05, 0.1) is 13.2 Å². The van der Waals surface area contributed by atoms with E-state index in [0.29, 0.717) is 0 Å². The van der Waals surface area contributed by atoms with Crippen molar-refractivity contribution in [1.82, 2.24) is 0 Å². The molecular formula is C2H6O3Zn. The van der Waals surface area contributed by atoms with Crippen molar-refractivity contribution in [1.29, 1.82) is 0 Å². The van der Waals surface area contributed by atoms with E-state index in [0.717, 1.165) is 0 Å². The second-order valence-corrected chi connectivity index (χ2v) is 0.447. The van der Waals surface area contributed by atoms with E-state index >= 15 is 0 Å². The number of rotatable bonds is 1. The molecule has 0 aliphatic carbocycles. The van der Waals surface area contributed by atoms with Crippen molar-refractivity contribution < 1.29 is 32.0 Å². The number of hydrogen-bond acceptors (Lipinski definition) is 3. The van der Waals surface area contributed by atoms with Gasteiger partial charge in [0, 0.05) is 0 Å². The molecule has 0 aliphatic rings. The van der Waals surface area contributed by atoms with Gasteiger partial charge in [-0.05, 0) is 0 Å². The van der Waals surface area contributed by atoms with Crippen molar-refractivity contribution in [2.24, 2.45) is 0 Å². The van der Waals surface area contributed by atoms with Gasteiger partial charge in [0.2, 0.25) is 0 Å². The molecule has 0 aliphatic heterocycles. The van der Waals surface area contributed by atoms with E-state index in [1.54, 1.807) is 0 Å². The van der Waals surface area contributed by atoms with Crippen LogP contribution in [-0.2, 0) is 21.8 Å². The Morgan fingerprint density at radius 3 is 1.33 bits per heavy atom. The van der Waals surface area contributed by atoms with Crippen LogP contribution in [0.4, 0.5) is 0 Å². The third-order valence-electron chi connectivity index (χ3n) is 0.1000. The van der Waals surface area contributed by atoms with Crippen molar-refractivity contribution in [3.63, 3.8) is 0 Å². The predicted octanol–water partition coefficient (Wildman–Crippen LogP) is -1.15. The maximum atomic E-state index is 8.38. The molecule has 0 saturated heterocycles. The molecule has 4 heteroatoms. The molecule has 0 spiro atoms. The van der Waals surface area contributed by atoms with E-state index in [9.17, 15) is 0 Å². The van der Waals surface area contributed by atoms with E-state index in [1.807, 2.05) is 0 Å². The quantitative estimate of drug-likeness (QED) is 0.456. The van der Waals surface area contributed by atoms with Gasteiger partial charge >= 0.3 is 21.8 Å². The first-order chi connectivity index (χ1) is 2.91. The summed E-state index contributed by atoms with van der Waals surface area (Å²) in [7, 11) is 0. The van der Waals surface area contributed by atoms with Gasteiger partial charge in [0.25, 0.3) is 0 Å². The van der Waals surface area contributed by atoms with Crippen molar-refractivity contribution >= 4 is 0 Å². The third kappa shape index (κ3) is 26.9. The Morgan fingerprint density at radius 1 is 1.17 bits per heavy atom. The molecule has 0 heterocycles. The van der Waals surface area contributed by atoms with E-state index in [2.05, 4.69) is 0 Å². The third-order valence-corrected chi connectivity index (χ3v) is 0.1000. The first-order valence-corrected chi connectivity index (χ1v) is 2.63. The molecule has 0 aromatic carbocycles. The zero-order valence-electron chi connectivity index (χ0n) is 3.42. The van der Waals surface area contributed by atoms with Crippen LogP contribution in [0.15, 0.2) is 0 Å². The molecule has 0 rings (SSSR count). The number of aliphatic hydroxyl groups excluding tert-OH is 2. The van der Waals surface area contributed by atoms with E-state index in [-0.39, 0.29) is 31.5 Å². The van der Waals surface area contributed by atoms with Gasteiger partial charge in [-0.1, -0.05) is 0 Å². The minimum atomic E-state index is -0.125. The SMILES string of the molecule is OCCO.[O]=[Zn]. The van der Waals surface area contributed by atoms with Crippen LogP contribution in [-0.4, -0.2) is 23.4 Å². The van der Waals surface area contributed by atoms with Gasteiger partial charge in [-0.15, -0.1) is 0 Å². The Bertz CT molecular complexity index is 16.3. The molecule has 0 aromatic heterocycles. The zero-order valence-corrected chi connectivity index (χ0v) is 6.39. The second-order valence-electron chi connectivity index (χ2n) is 0.447. The van der Waals surface area contributed by atoms with E-state index < -0.39 is 0 Å². The summed E-state index contributed by atoms with van der Waals surface area (Å²) in [6, 6.07) is 0. The monoisotopic (exact) mass is 142 g/mol. The summed E-state index contributed by atoms with van der Waals surface area (Å²) in [5.41, 5.74) is 0. The Morgan fingerprint density at radius 2 is 1.33 bits per heavy atom. The van der Waals surface area contributed by atoms with Gasteiger partial charge in [-0.2, -0.15) is 0 Å². The van der Waals surface area contributed by atoms with Gasteiger partial charge in [0.1, 0.15) is 0 Å². The van der Waals surface area contributed by atoms with Crippen LogP contribution < -0.4 is 0 Å². The Labute approximate surface area is 45.9 Å². The van der Waals surface area contributed by atoms with E-state index in [4.69, 9.17) is 13.8 Å². The Hall–Kier alpha value is 0.343. The summed E-state index contributed by atoms with van der Waals surface area (Å²) in [5.74, 6) is 0. The van der Waals surface area contributed by atoms with Crippen LogP contribution in [0, 0.1) is 0 Å². The summed E-state index contributed by atoms with van der Waals surface area (Å²) in [5, 5.41) is 15.2. The van der Waals surface area contributed by atoms with E-state index in [1.165, 1.54) is 0 Å². The normalized spacial score (nSPS) is 6.00. The summed E-state index contributed by atoms with van der Waals surface area (Å²) < 4.78 is 8.38. The molecule has 0 saturated carbocycles. The average molecular weight is 143 g/mol. The molecule has 6 heavy (non-hydrogen) atoms. The minimum absolute atomic E-state index is 0.125. The molecule has 0 fully saturated rings. The molecular weight excluding hydrogens is 137 g/mol. The second kappa shape index (κ2) is 18.4. The fourth-order valence-corrected chi connectivity index (χ4v) is 0. The van der Waals surface area contributed by atoms with Crippen LogP contribution in [0.25, 0.3) is 0 Å². The van der Waals surface area contributed by atoms with Crippen LogP contribution in [0.5, 0.6) is 0 Å². The van der Waals surface area contributed by atoms with Crippen LogP contribution in [0.1, 0.15) is 0 Å². The van der Waals surface area contributed by atoms with Crippen molar-refractivity contribution in [3.8, 4) is 0 Å². The molecule has 0 aromatic rings. The maximum absolute atomic E-state index is 8.38. The fraction of sp³-hybridized carbons (Fsp3) is 1.00. The van der Waals surface area contributed by atoms with Gasteiger partial charge in [-0.25, -0.2) is 0 Å². The van der Waals surface area contributed by atoms with Crippen LogP contribution in [0.3, 0.4) is 0 Å². The van der Waals surface area contributed by atoms with Gasteiger partial charge in [0.15, 0.2) is 0 Å². The van der Waals surface area contributed by atoms with Gasteiger partial charge in [-0.3, -0.25) is 0 Å². The molecule has 0 amide bonds. The first-order valence-electron chi connectivity index (χ1n) is 1.42. The molecule has 3 nitrogen and oxygen atoms in total. The van der Waals surface area contributed by atoms with Crippen LogP contribution >= 0.6 is 0 Å². The zero-order chi connectivity index (χ0) is 5.41.